The van der Waals surface area contributed by atoms with Crippen LogP contribution in [0.15, 0.2) is 53.4 Å². The van der Waals surface area contributed by atoms with Gasteiger partial charge < -0.3 is 11.1 Å². The highest BCUT2D eigenvalue weighted by Gasteiger charge is 2.12. The Balaban J connectivity index is 2.08. The molecule has 4 N–H and O–H groups in total. The van der Waals surface area contributed by atoms with E-state index < -0.39 is 10.0 Å². The van der Waals surface area contributed by atoms with Gasteiger partial charge in [-0.1, -0.05) is 30.3 Å². The minimum Gasteiger partial charge on any atom is -0.397 e. The number of nitrogens with two attached hydrogens (primary N) is 1. The van der Waals surface area contributed by atoms with Crippen LogP contribution in [0.3, 0.4) is 0 Å². The number of hydrogen-bond donors (Lipinski definition) is 3. The van der Waals surface area contributed by atoms with Crippen molar-refractivity contribution in [2.45, 2.75) is 11.3 Å². The SMILES string of the molecule is CNS(=O)(=O)c1ccc(N)c(NCCc2ccccc2)c1. The number of benzene rings is 2. The van der Waals surface area contributed by atoms with Crippen molar-refractivity contribution in [1.82, 2.24) is 4.72 Å². The van der Waals surface area contributed by atoms with Crippen molar-refractivity contribution in [3.8, 4) is 0 Å². The molecular weight excluding hydrogens is 286 g/mol. The monoisotopic (exact) mass is 305 g/mol. The molecule has 2 aromatic rings. The molecule has 0 unspecified atom stereocenters. The van der Waals surface area contributed by atoms with E-state index in [0.29, 0.717) is 17.9 Å². The van der Waals surface area contributed by atoms with Crippen LogP contribution >= 0.6 is 0 Å². The highest BCUT2D eigenvalue weighted by molar-refractivity contribution is 7.89. The Morgan fingerprint density at radius 2 is 1.81 bits per heavy atom. The molecule has 0 saturated heterocycles. The summed E-state index contributed by atoms with van der Waals surface area (Å²) in [7, 11) is -2.08. The van der Waals surface area contributed by atoms with E-state index in [2.05, 4.69) is 10.0 Å². The van der Waals surface area contributed by atoms with Crippen LogP contribution in [0, 0.1) is 0 Å². The summed E-state index contributed by atoms with van der Waals surface area (Å²) in [6, 6.07) is 14.7. The maximum Gasteiger partial charge on any atom is 0.240 e. The van der Waals surface area contributed by atoms with Crippen LogP contribution in [0.1, 0.15) is 5.56 Å². The third-order valence-corrected chi connectivity index (χ3v) is 4.59. The summed E-state index contributed by atoms with van der Waals surface area (Å²) >= 11 is 0. The van der Waals surface area contributed by atoms with E-state index >= 15 is 0 Å². The molecule has 21 heavy (non-hydrogen) atoms. The smallest absolute Gasteiger partial charge is 0.240 e. The molecule has 0 bridgehead atoms. The minimum absolute atomic E-state index is 0.196. The second-order valence-electron chi connectivity index (χ2n) is 4.62. The first kappa shape index (κ1) is 15.3. The first-order valence-electron chi connectivity index (χ1n) is 6.64. The lowest BCUT2D eigenvalue weighted by atomic mass is 10.1. The Morgan fingerprint density at radius 3 is 2.48 bits per heavy atom. The number of nitrogen functional groups attached to an aromatic ring is 1. The topological polar surface area (TPSA) is 84.2 Å². The zero-order chi connectivity index (χ0) is 15.3. The summed E-state index contributed by atoms with van der Waals surface area (Å²) in [4.78, 5) is 0.196. The molecule has 0 saturated carbocycles. The summed E-state index contributed by atoms with van der Waals surface area (Å²) in [5.41, 5.74) is 8.24. The van der Waals surface area contributed by atoms with Crippen molar-refractivity contribution in [3.63, 3.8) is 0 Å². The molecule has 0 aliphatic heterocycles. The molecule has 0 spiro atoms. The average molecular weight is 305 g/mol. The van der Waals surface area contributed by atoms with Crippen LogP contribution in [0.2, 0.25) is 0 Å². The van der Waals surface area contributed by atoms with E-state index in [9.17, 15) is 8.42 Å². The number of hydrogen-bond acceptors (Lipinski definition) is 4. The Bertz CT molecular complexity index is 700. The minimum atomic E-state index is -3.46. The first-order chi connectivity index (χ1) is 10.0. The van der Waals surface area contributed by atoms with Gasteiger partial charge in [-0.25, -0.2) is 13.1 Å². The Kier molecular flexibility index (Phi) is 4.82. The van der Waals surface area contributed by atoms with Crippen LogP contribution in [0.5, 0.6) is 0 Å². The largest absolute Gasteiger partial charge is 0.397 e. The van der Waals surface area contributed by atoms with E-state index in [1.807, 2.05) is 30.3 Å². The van der Waals surface area contributed by atoms with Crippen molar-refractivity contribution in [2.75, 3.05) is 24.6 Å². The maximum atomic E-state index is 11.8. The predicted molar refractivity (Wildman–Crippen MR) is 85.7 cm³/mol. The number of anilines is 2. The van der Waals surface area contributed by atoms with Gasteiger partial charge in [0.15, 0.2) is 0 Å². The Hall–Kier alpha value is -2.05. The van der Waals surface area contributed by atoms with E-state index in [1.165, 1.54) is 18.7 Å². The fourth-order valence-corrected chi connectivity index (χ4v) is 2.72. The van der Waals surface area contributed by atoms with Crippen molar-refractivity contribution in [2.24, 2.45) is 0 Å². The molecule has 2 aromatic carbocycles. The zero-order valence-electron chi connectivity index (χ0n) is 11.8. The summed E-state index contributed by atoms with van der Waals surface area (Å²) < 4.78 is 25.8. The fraction of sp³-hybridized carbons (Fsp3) is 0.200. The van der Waals surface area contributed by atoms with E-state index in [-0.39, 0.29) is 4.90 Å². The van der Waals surface area contributed by atoms with Crippen molar-refractivity contribution >= 4 is 21.4 Å². The molecular formula is C15H19N3O2S. The van der Waals surface area contributed by atoms with Gasteiger partial charge in [0.1, 0.15) is 0 Å². The summed E-state index contributed by atoms with van der Waals surface area (Å²) in [6.07, 6.45) is 0.837. The molecule has 0 aliphatic carbocycles. The quantitative estimate of drug-likeness (QED) is 0.711. The highest BCUT2D eigenvalue weighted by Crippen LogP contribution is 2.22. The van der Waals surface area contributed by atoms with Crippen LogP contribution in [0.4, 0.5) is 11.4 Å². The Morgan fingerprint density at radius 1 is 1.10 bits per heavy atom. The van der Waals surface area contributed by atoms with Crippen LogP contribution in [-0.2, 0) is 16.4 Å². The molecule has 2 rings (SSSR count). The van der Waals surface area contributed by atoms with Gasteiger partial charge in [-0.15, -0.1) is 0 Å². The lowest BCUT2D eigenvalue weighted by molar-refractivity contribution is 0.588. The molecule has 0 radical (unpaired) electrons. The lowest BCUT2D eigenvalue weighted by Gasteiger charge is -2.11. The molecule has 0 amide bonds. The van der Waals surface area contributed by atoms with Crippen LogP contribution in [0.25, 0.3) is 0 Å². The predicted octanol–water partition coefficient (Wildman–Crippen LogP) is 1.83. The molecule has 0 heterocycles. The molecule has 5 nitrogen and oxygen atoms in total. The molecule has 0 atom stereocenters. The fourth-order valence-electron chi connectivity index (χ4n) is 1.96. The second kappa shape index (κ2) is 6.60. The molecule has 0 aliphatic rings. The highest BCUT2D eigenvalue weighted by atomic mass is 32.2. The van der Waals surface area contributed by atoms with Gasteiger partial charge in [-0.3, -0.25) is 0 Å². The third kappa shape index (κ3) is 3.96. The van der Waals surface area contributed by atoms with Gasteiger partial charge in [-0.05, 0) is 37.2 Å². The summed E-state index contributed by atoms with van der Waals surface area (Å²) in [5.74, 6) is 0. The number of sulfonamides is 1. The number of nitrogens with one attached hydrogen (secondary N) is 2. The molecule has 6 heteroatoms. The van der Waals surface area contributed by atoms with Gasteiger partial charge in [0, 0.05) is 6.54 Å². The summed E-state index contributed by atoms with van der Waals surface area (Å²) in [5, 5.41) is 3.18. The van der Waals surface area contributed by atoms with Crippen LogP contribution < -0.4 is 15.8 Å². The first-order valence-corrected chi connectivity index (χ1v) is 8.12. The standard InChI is InChI=1S/C15H19N3O2S/c1-17-21(19,20)13-7-8-14(16)15(11-13)18-10-9-12-5-3-2-4-6-12/h2-8,11,17-18H,9-10,16H2,1H3. The second-order valence-corrected chi connectivity index (χ2v) is 6.51. The van der Waals surface area contributed by atoms with Gasteiger partial charge in [0.05, 0.1) is 16.3 Å². The maximum absolute atomic E-state index is 11.8. The molecule has 0 aromatic heterocycles. The van der Waals surface area contributed by atoms with E-state index in [0.717, 1.165) is 6.42 Å². The van der Waals surface area contributed by atoms with Gasteiger partial charge in [0.2, 0.25) is 10.0 Å². The normalized spacial score (nSPS) is 11.3. The van der Waals surface area contributed by atoms with Crippen molar-refractivity contribution < 1.29 is 8.42 Å². The molecule has 0 fully saturated rings. The van der Waals surface area contributed by atoms with E-state index in [1.54, 1.807) is 12.1 Å². The van der Waals surface area contributed by atoms with E-state index in [4.69, 9.17) is 5.73 Å². The van der Waals surface area contributed by atoms with Crippen molar-refractivity contribution in [1.29, 1.82) is 0 Å². The number of rotatable bonds is 6. The van der Waals surface area contributed by atoms with Crippen molar-refractivity contribution in [3.05, 3.63) is 54.1 Å². The lowest BCUT2D eigenvalue weighted by Crippen LogP contribution is -2.19. The molecule has 112 valence electrons. The van der Waals surface area contributed by atoms with Gasteiger partial charge in [0.25, 0.3) is 0 Å². The average Bonchev–Trinajstić information content (AvgIpc) is 2.50. The van der Waals surface area contributed by atoms with Crippen LogP contribution in [-0.4, -0.2) is 22.0 Å². The zero-order valence-corrected chi connectivity index (χ0v) is 12.7. The van der Waals surface area contributed by atoms with Gasteiger partial charge >= 0.3 is 0 Å². The van der Waals surface area contributed by atoms with Gasteiger partial charge in [-0.2, -0.15) is 0 Å². The Labute approximate surface area is 125 Å². The summed E-state index contributed by atoms with van der Waals surface area (Å²) in [6.45, 7) is 0.678. The third-order valence-electron chi connectivity index (χ3n) is 3.18.